The molecule has 4 heteroatoms. The molecule has 1 aliphatic carbocycles. The molecule has 0 radical (unpaired) electrons. The Balaban J connectivity index is 2.02. The molecule has 0 amide bonds. The van der Waals surface area contributed by atoms with Crippen molar-refractivity contribution >= 4 is 21.6 Å². The third kappa shape index (κ3) is 1.73. The Bertz CT molecular complexity index is 519. The molecule has 0 bridgehead atoms. The molecule has 1 aromatic carbocycles. The van der Waals surface area contributed by atoms with E-state index in [1.54, 1.807) is 11.3 Å². The highest BCUT2D eigenvalue weighted by Gasteiger charge is 2.27. The van der Waals surface area contributed by atoms with Crippen LogP contribution in [-0.4, -0.2) is 16.6 Å². The molecule has 0 aliphatic heterocycles. The van der Waals surface area contributed by atoms with Gasteiger partial charge >= 0.3 is 0 Å². The van der Waals surface area contributed by atoms with E-state index >= 15 is 0 Å². The van der Waals surface area contributed by atoms with Gasteiger partial charge in [-0.15, -0.1) is 11.3 Å². The second-order valence-corrected chi connectivity index (χ2v) is 5.37. The molecule has 1 atom stereocenters. The average molecular weight is 234 g/mol. The molecule has 1 aromatic heterocycles. The van der Waals surface area contributed by atoms with Gasteiger partial charge in [0.05, 0.1) is 21.3 Å². The lowest BCUT2D eigenvalue weighted by Gasteiger charge is -2.06. The predicted octanol–water partition coefficient (Wildman–Crippen LogP) is 2.17. The minimum atomic E-state index is -0.559. The van der Waals surface area contributed by atoms with Crippen molar-refractivity contribution in [1.29, 1.82) is 0 Å². The average Bonchev–Trinajstić information content (AvgIpc) is 3.07. The van der Waals surface area contributed by atoms with Gasteiger partial charge in [0.25, 0.3) is 0 Å². The Hall–Kier alpha value is -0.970. The van der Waals surface area contributed by atoms with Crippen LogP contribution >= 0.6 is 11.3 Å². The van der Waals surface area contributed by atoms with Gasteiger partial charge in [-0.25, -0.2) is 4.98 Å². The molecule has 1 heterocycles. The monoisotopic (exact) mass is 234 g/mol. The molecular weight excluding hydrogens is 220 g/mol. The molecule has 1 aliphatic rings. The van der Waals surface area contributed by atoms with Crippen LogP contribution in [0.2, 0.25) is 0 Å². The third-order valence-corrected chi connectivity index (χ3v) is 4.14. The Morgan fingerprint density at radius 1 is 1.50 bits per heavy atom. The van der Waals surface area contributed by atoms with Gasteiger partial charge in [-0.2, -0.15) is 0 Å². The summed E-state index contributed by atoms with van der Waals surface area (Å²) in [4.78, 5) is 4.61. The molecule has 2 aromatic rings. The zero-order valence-electron chi connectivity index (χ0n) is 8.89. The molecule has 0 spiro atoms. The molecule has 84 valence electrons. The Morgan fingerprint density at radius 2 is 2.31 bits per heavy atom. The molecule has 1 saturated carbocycles. The summed E-state index contributed by atoms with van der Waals surface area (Å²) in [5.41, 5.74) is 7.38. The van der Waals surface area contributed by atoms with Crippen molar-refractivity contribution in [2.45, 2.75) is 24.9 Å². The Labute approximate surface area is 97.9 Å². The van der Waals surface area contributed by atoms with Crippen LogP contribution in [0.15, 0.2) is 18.2 Å². The number of hydrogen-bond donors (Lipinski definition) is 2. The summed E-state index contributed by atoms with van der Waals surface area (Å²) in [5.74, 6) is 0.695. The van der Waals surface area contributed by atoms with E-state index in [1.165, 1.54) is 17.8 Å². The van der Waals surface area contributed by atoms with Crippen molar-refractivity contribution in [1.82, 2.24) is 4.98 Å². The van der Waals surface area contributed by atoms with Gasteiger partial charge in [-0.05, 0) is 30.5 Å². The quantitative estimate of drug-likeness (QED) is 0.855. The fourth-order valence-electron chi connectivity index (χ4n) is 1.81. The SMILES string of the molecule is NCC(O)c1ccc2nc(C3CC3)sc2c1. The van der Waals surface area contributed by atoms with E-state index < -0.39 is 6.10 Å². The topological polar surface area (TPSA) is 59.1 Å². The van der Waals surface area contributed by atoms with Crippen molar-refractivity contribution in [3.05, 3.63) is 28.8 Å². The number of aliphatic hydroxyl groups is 1. The molecule has 3 N–H and O–H groups in total. The summed E-state index contributed by atoms with van der Waals surface area (Å²) in [6, 6.07) is 5.90. The van der Waals surface area contributed by atoms with Gasteiger partial charge in [0, 0.05) is 12.5 Å². The first-order chi connectivity index (χ1) is 7.78. The second-order valence-electron chi connectivity index (χ2n) is 4.31. The van der Waals surface area contributed by atoms with E-state index in [0.29, 0.717) is 5.92 Å². The minimum Gasteiger partial charge on any atom is -0.387 e. The summed E-state index contributed by atoms with van der Waals surface area (Å²) in [7, 11) is 0. The van der Waals surface area contributed by atoms with Crippen LogP contribution < -0.4 is 5.73 Å². The normalized spacial score (nSPS) is 17.9. The number of benzene rings is 1. The molecule has 1 fully saturated rings. The van der Waals surface area contributed by atoms with Gasteiger partial charge in [0.2, 0.25) is 0 Å². The van der Waals surface area contributed by atoms with Crippen molar-refractivity contribution in [3.8, 4) is 0 Å². The maximum atomic E-state index is 9.68. The Morgan fingerprint density at radius 3 is 3.00 bits per heavy atom. The zero-order chi connectivity index (χ0) is 11.1. The van der Waals surface area contributed by atoms with E-state index in [4.69, 9.17) is 5.73 Å². The smallest absolute Gasteiger partial charge is 0.0969 e. The van der Waals surface area contributed by atoms with Gasteiger partial charge in [-0.3, -0.25) is 0 Å². The fourth-order valence-corrected chi connectivity index (χ4v) is 2.99. The highest BCUT2D eigenvalue weighted by Crippen LogP contribution is 2.43. The lowest BCUT2D eigenvalue weighted by atomic mass is 10.1. The van der Waals surface area contributed by atoms with Crippen LogP contribution in [0.4, 0.5) is 0 Å². The zero-order valence-corrected chi connectivity index (χ0v) is 9.70. The van der Waals surface area contributed by atoms with Crippen molar-refractivity contribution < 1.29 is 5.11 Å². The highest BCUT2D eigenvalue weighted by molar-refractivity contribution is 7.18. The summed E-state index contributed by atoms with van der Waals surface area (Å²) in [6.45, 7) is 0.264. The number of aliphatic hydroxyl groups excluding tert-OH is 1. The van der Waals surface area contributed by atoms with Gasteiger partial charge in [0.1, 0.15) is 0 Å². The fraction of sp³-hybridized carbons (Fsp3) is 0.417. The van der Waals surface area contributed by atoms with Crippen LogP contribution in [0.1, 0.15) is 35.4 Å². The molecular formula is C12H14N2OS. The summed E-state index contributed by atoms with van der Waals surface area (Å²) in [6.07, 6.45) is 1.99. The lowest BCUT2D eigenvalue weighted by molar-refractivity contribution is 0.187. The molecule has 16 heavy (non-hydrogen) atoms. The van der Waals surface area contributed by atoms with Crippen LogP contribution in [0.25, 0.3) is 10.2 Å². The first-order valence-corrected chi connectivity index (χ1v) is 6.38. The lowest BCUT2D eigenvalue weighted by Crippen LogP contribution is -2.11. The number of nitrogens with two attached hydrogens (primary N) is 1. The summed E-state index contributed by atoms with van der Waals surface area (Å²) >= 11 is 1.75. The number of hydrogen-bond acceptors (Lipinski definition) is 4. The summed E-state index contributed by atoms with van der Waals surface area (Å²) in [5, 5.41) is 10.9. The molecule has 1 unspecified atom stereocenters. The van der Waals surface area contributed by atoms with Crippen LogP contribution in [-0.2, 0) is 0 Å². The third-order valence-electron chi connectivity index (χ3n) is 2.96. The maximum absolute atomic E-state index is 9.68. The van der Waals surface area contributed by atoms with E-state index in [0.717, 1.165) is 15.8 Å². The maximum Gasteiger partial charge on any atom is 0.0969 e. The van der Waals surface area contributed by atoms with Gasteiger partial charge in [0.15, 0.2) is 0 Å². The van der Waals surface area contributed by atoms with Crippen molar-refractivity contribution in [2.75, 3.05) is 6.54 Å². The van der Waals surface area contributed by atoms with E-state index in [9.17, 15) is 5.11 Å². The minimum absolute atomic E-state index is 0.264. The number of nitrogens with zero attached hydrogens (tertiary/aromatic N) is 1. The standard InChI is InChI=1S/C12H14N2OS/c13-6-10(15)8-3-4-9-11(5-8)16-12(14-9)7-1-2-7/h3-5,7,10,15H,1-2,6,13H2. The highest BCUT2D eigenvalue weighted by atomic mass is 32.1. The number of fused-ring (bicyclic) bond motifs is 1. The van der Waals surface area contributed by atoms with Crippen molar-refractivity contribution in [2.24, 2.45) is 5.73 Å². The second kappa shape index (κ2) is 3.80. The molecule has 0 saturated heterocycles. The molecule has 3 nitrogen and oxygen atoms in total. The number of rotatable bonds is 3. The van der Waals surface area contributed by atoms with Crippen LogP contribution in [0.3, 0.4) is 0 Å². The number of thiazole rings is 1. The Kier molecular flexibility index (Phi) is 2.42. The number of aromatic nitrogens is 1. The first-order valence-electron chi connectivity index (χ1n) is 5.56. The van der Waals surface area contributed by atoms with E-state index in [-0.39, 0.29) is 6.54 Å². The van der Waals surface area contributed by atoms with Crippen molar-refractivity contribution in [3.63, 3.8) is 0 Å². The molecule has 3 rings (SSSR count). The van der Waals surface area contributed by atoms with Gasteiger partial charge in [-0.1, -0.05) is 6.07 Å². The predicted molar refractivity (Wildman–Crippen MR) is 65.6 cm³/mol. The van der Waals surface area contributed by atoms with E-state index in [2.05, 4.69) is 4.98 Å². The van der Waals surface area contributed by atoms with Gasteiger partial charge < -0.3 is 10.8 Å². The first kappa shape index (κ1) is 10.2. The van der Waals surface area contributed by atoms with E-state index in [1.807, 2.05) is 18.2 Å². The van der Waals surface area contributed by atoms with Crippen LogP contribution in [0, 0.1) is 0 Å². The largest absolute Gasteiger partial charge is 0.387 e. The van der Waals surface area contributed by atoms with Crippen LogP contribution in [0.5, 0.6) is 0 Å². The summed E-state index contributed by atoms with van der Waals surface area (Å²) < 4.78 is 1.16.